The maximum absolute atomic E-state index is 13.2. The molecule has 1 aliphatic rings. The second kappa shape index (κ2) is 9.70. The molecule has 7 heteroatoms. The largest absolute Gasteiger partial charge is 0.327 e. The highest BCUT2D eigenvalue weighted by atomic mass is 16.2. The Morgan fingerprint density at radius 3 is 1.59 bits per heavy atom. The molecule has 0 bridgehead atoms. The first kappa shape index (κ1) is 22.9. The number of imide groups is 2. The Morgan fingerprint density at radius 2 is 1.15 bits per heavy atom. The van der Waals surface area contributed by atoms with E-state index in [1.165, 1.54) is 0 Å². The van der Waals surface area contributed by atoms with E-state index in [-0.39, 0.29) is 11.1 Å². The minimum atomic E-state index is -1.13. The molecular formula is C27H25N3O4. The number of urea groups is 1. The number of hydrogen-bond acceptors (Lipinski definition) is 4. The Balaban J connectivity index is 1.54. The van der Waals surface area contributed by atoms with E-state index < -0.39 is 41.8 Å². The van der Waals surface area contributed by atoms with E-state index in [0.717, 1.165) is 16.0 Å². The van der Waals surface area contributed by atoms with Gasteiger partial charge in [0.15, 0.2) is 0 Å². The van der Waals surface area contributed by atoms with E-state index in [0.29, 0.717) is 0 Å². The fourth-order valence-electron chi connectivity index (χ4n) is 4.18. The molecule has 3 aromatic carbocycles. The van der Waals surface area contributed by atoms with E-state index >= 15 is 0 Å². The molecule has 3 aromatic rings. The minimum Gasteiger partial charge on any atom is -0.327 e. The number of carbonyl (C=O) groups excluding carboxylic acids is 4. The summed E-state index contributed by atoms with van der Waals surface area (Å²) in [7, 11) is 0. The van der Waals surface area contributed by atoms with Crippen LogP contribution in [0, 0.1) is 5.92 Å². The fourth-order valence-corrected chi connectivity index (χ4v) is 4.18. The first-order valence-electron chi connectivity index (χ1n) is 11.1. The lowest BCUT2D eigenvalue weighted by molar-refractivity contribution is -0.125. The van der Waals surface area contributed by atoms with Gasteiger partial charge < -0.3 is 5.32 Å². The summed E-state index contributed by atoms with van der Waals surface area (Å²) in [6.07, 6.45) is 0. The zero-order valence-corrected chi connectivity index (χ0v) is 18.9. The van der Waals surface area contributed by atoms with Gasteiger partial charge in [-0.15, -0.1) is 0 Å². The Morgan fingerprint density at radius 1 is 0.706 bits per heavy atom. The molecule has 0 radical (unpaired) electrons. The molecule has 0 fully saturated rings. The molecule has 1 aliphatic heterocycles. The van der Waals surface area contributed by atoms with Crippen LogP contribution in [0.25, 0.3) is 0 Å². The molecule has 2 N–H and O–H groups in total. The van der Waals surface area contributed by atoms with E-state index in [1.807, 2.05) is 60.7 Å². The van der Waals surface area contributed by atoms with Crippen LogP contribution >= 0.6 is 0 Å². The van der Waals surface area contributed by atoms with Crippen LogP contribution in [0.4, 0.5) is 4.79 Å². The standard InChI is InChI=1S/C27H25N3O4/c1-17(2)23(30-25(32)20-15-9-10-16-21(20)26(30)33)24(31)29-27(34)28-22(18-11-5-3-6-12-18)19-13-7-4-8-14-19/h3-17,22-23H,1-2H3,(H2,28,29,31,34). The first-order chi connectivity index (χ1) is 16.4. The van der Waals surface area contributed by atoms with Crippen LogP contribution in [-0.4, -0.2) is 34.7 Å². The number of nitrogens with one attached hydrogen (secondary N) is 2. The van der Waals surface area contributed by atoms with Crippen molar-refractivity contribution in [1.82, 2.24) is 15.5 Å². The molecule has 172 valence electrons. The number of hydrogen-bond donors (Lipinski definition) is 2. The van der Waals surface area contributed by atoms with Gasteiger partial charge in [0.2, 0.25) is 0 Å². The third-order valence-electron chi connectivity index (χ3n) is 5.78. The highest BCUT2D eigenvalue weighted by molar-refractivity contribution is 6.23. The van der Waals surface area contributed by atoms with Crippen LogP contribution in [0.3, 0.4) is 0 Å². The van der Waals surface area contributed by atoms with Crippen molar-refractivity contribution in [2.45, 2.75) is 25.9 Å². The lowest BCUT2D eigenvalue weighted by Crippen LogP contribution is -2.55. The molecule has 0 aromatic heterocycles. The third-order valence-corrected chi connectivity index (χ3v) is 5.78. The Labute approximate surface area is 197 Å². The van der Waals surface area contributed by atoms with Crippen molar-refractivity contribution >= 4 is 23.8 Å². The molecule has 4 rings (SSSR count). The zero-order valence-electron chi connectivity index (χ0n) is 18.9. The Kier molecular flexibility index (Phi) is 6.54. The van der Waals surface area contributed by atoms with Gasteiger partial charge in [-0.2, -0.15) is 0 Å². The van der Waals surface area contributed by atoms with Crippen molar-refractivity contribution in [1.29, 1.82) is 0 Å². The molecule has 1 unspecified atom stereocenters. The molecule has 0 saturated heterocycles. The van der Waals surface area contributed by atoms with Crippen LogP contribution in [0.15, 0.2) is 84.9 Å². The maximum atomic E-state index is 13.2. The van der Waals surface area contributed by atoms with Crippen LogP contribution in [0.5, 0.6) is 0 Å². The molecule has 0 aliphatic carbocycles. The topological polar surface area (TPSA) is 95.6 Å². The van der Waals surface area contributed by atoms with Gasteiger partial charge in [-0.3, -0.25) is 24.6 Å². The molecule has 34 heavy (non-hydrogen) atoms. The lowest BCUT2D eigenvalue weighted by atomic mass is 9.99. The van der Waals surface area contributed by atoms with Crippen LogP contribution in [0.2, 0.25) is 0 Å². The maximum Gasteiger partial charge on any atom is 0.322 e. The van der Waals surface area contributed by atoms with Gasteiger partial charge in [-0.1, -0.05) is 86.6 Å². The highest BCUT2D eigenvalue weighted by Crippen LogP contribution is 2.27. The van der Waals surface area contributed by atoms with Crippen molar-refractivity contribution in [3.63, 3.8) is 0 Å². The SMILES string of the molecule is CC(C)C(C(=O)NC(=O)NC(c1ccccc1)c1ccccc1)N1C(=O)c2ccccc2C1=O. The minimum absolute atomic E-state index is 0.253. The van der Waals surface area contributed by atoms with Crippen LogP contribution in [0.1, 0.15) is 51.7 Å². The predicted octanol–water partition coefficient (Wildman–Crippen LogP) is 3.92. The molecule has 1 heterocycles. The quantitative estimate of drug-likeness (QED) is 0.551. The van der Waals surface area contributed by atoms with E-state index in [9.17, 15) is 19.2 Å². The van der Waals surface area contributed by atoms with Gasteiger partial charge in [0.25, 0.3) is 17.7 Å². The van der Waals surface area contributed by atoms with Crippen molar-refractivity contribution in [3.05, 3.63) is 107 Å². The second-order valence-corrected chi connectivity index (χ2v) is 8.43. The highest BCUT2D eigenvalue weighted by Gasteiger charge is 2.44. The Bertz CT molecular complexity index is 1150. The summed E-state index contributed by atoms with van der Waals surface area (Å²) in [6, 6.07) is 22.9. The van der Waals surface area contributed by atoms with Crippen molar-refractivity contribution < 1.29 is 19.2 Å². The molecule has 5 amide bonds. The van der Waals surface area contributed by atoms with Gasteiger partial charge in [0, 0.05) is 0 Å². The number of carbonyl (C=O) groups is 4. The van der Waals surface area contributed by atoms with Gasteiger partial charge >= 0.3 is 6.03 Å². The molecular weight excluding hydrogens is 430 g/mol. The summed E-state index contributed by atoms with van der Waals surface area (Å²) < 4.78 is 0. The normalized spacial score (nSPS) is 13.7. The average Bonchev–Trinajstić information content (AvgIpc) is 3.09. The van der Waals surface area contributed by atoms with Crippen molar-refractivity contribution in [3.8, 4) is 0 Å². The first-order valence-corrected chi connectivity index (χ1v) is 11.1. The van der Waals surface area contributed by atoms with Gasteiger partial charge in [-0.25, -0.2) is 4.79 Å². The molecule has 0 spiro atoms. The Hall–Kier alpha value is -4.26. The number of benzene rings is 3. The van der Waals surface area contributed by atoms with Gasteiger partial charge in [0.05, 0.1) is 17.2 Å². The number of rotatable bonds is 6. The van der Waals surface area contributed by atoms with Gasteiger partial charge in [-0.05, 0) is 29.2 Å². The van der Waals surface area contributed by atoms with Crippen molar-refractivity contribution in [2.24, 2.45) is 5.92 Å². The average molecular weight is 456 g/mol. The fraction of sp³-hybridized carbons (Fsp3) is 0.185. The lowest BCUT2D eigenvalue weighted by Gasteiger charge is -2.28. The summed E-state index contributed by atoms with van der Waals surface area (Å²) in [5.74, 6) is -2.21. The van der Waals surface area contributed by atoms with Crippen molar-refractivity contribution in [2.75, 3.05) is 0 Å². The monoisotopic (exact) mass is 455 g/mol. The zero-order chi connectivity index (χ0) is 24.2. The number of amides is 5. The summed E-state index contributed by atoms with van der Waals surface area (Å²) in [5, 5.41) is 5.19. The summed E-state index contributed by atoms with van der Waals surface area (Å²) in [6.45, 7) is 3.45. The van der Waals surface area contributed by atoms with E-state index in [1.54, 1.807) is 38.1 Å². The van der Waals surface area contributed by atoms with Gasteiger partial charge in [0.1, 0.15) is 6.04 Å². The summed E-state index contributed by atoms with van der Waals surface area (Å²) in [5.41, 5.74) is 2.20. The smallest absolute Gasteiger partial charge is 0.322 e. The molecule has 7 nitrogen and oxygen atoms in total. The van der Waals surface area contributed by atoms with E-state index in [4.69, 9.17) is 0 Å². The number of nitrogens with zero attached hydrogens (tertiary/aromatic N) is 1. The molecule has 1 atom stereocenters. The summed E-state index contributed by atoms with van der Waals surface area (Å²) in [4.78, 5) is 52.8. The van der Waals surface area contributed by atoms with Crippen LogP contribution < -0.4 is 10.6 Å². The molecule has 0 saturated carbocycles. The second-order valence-electron chi connectivity index (χ2n) is 8.43. The number of fused-ring (bicyclic) bond motifs is 1. The van der Waals surface area contributed by atoms with Crippen LogP contribution in [-0.2, 0) is 4.79 Å². The predicted molar refractivity (Wildman–Crippen MR) is 127 cm³/mol. The summed E-state index contributed by atoms with van der Waals surface area (Å²) >= 11 is 0. The third kappa shape index (κ3) is 4.45. The van der Waals surface area contributed by atoms with E-state index in [2.05, 4.69) is 10.6 Å².